The van der Waals surface area contributed by atoms with Crippen molar-refractivity contribution in [2.24, 2.45) is 11.3 Å². The molecule has 0 spiro atoms. The van der Waals surface area contributed by atoms with Crippen LogP contribution in [0.5, 0.6) is 0 Å². The standard InChI is InChI=1S/C14H26O2/c1-11(2)12(15)16-13(3,4)14(5)9-7-6-8-10-14/h11H,6-10H2,1-5H3. The van der Waals surface area contributed by atoms with Gasteiger partial charge in [0.2, 0.25) is 0 Å². The van der Waals surface area contributed by atoms with Gasteiger partial charge in [-0.15, -0.1) is 0 Å². The molecule has 0 amide bonds. The number of esters is 1. The quantitative estimate of drug-likeness (QED) is 0.681. The normalized spacial score (nSPS) is 20.9. The second kappa shape index (κ2) is 4.77. The van der Waals surface area contributed by atoms with Crippen LogP contribution in [0.1, 0.15) is 66.7 Å². The molecular formula is C14H26O2. The van der Waals surface area contributed by atoms with E-state index in [-0.39, 0.29) is 22.9 Å². The molecule has 1 fully saturated rings. The third-order valence-electron chi connectivity index (χ3n) is 4.24. The summed E-state index contributed by atoms with van der Waals surface area (Å²) in [6.45, 7) is 10.2. The van der Waals surface area contributed by atoms with Gasteiger partial charge < -0.3 is 4.74 Å². The lowest BCUT2D eigenvalue weighted by molar-refractivity contribution is -0.176. The first-order chi connectivity index (χ1) is 7.28. The summed E-state index contributed by atoms with van der Waals surface area (Å²) >= 11 is 0. The fourth-order valence-electron chi connectivity index (χ4n) is 2.43. The average Bonchev–Trinajstić information content (AvgIpc) is 2.17. The molecule has 0 aromatic carbocycles. The maximum absolute atomic E-state index is 11.7. The monoisotopic (exact) mass is 226 g/mol. The molecule has 94 valence electrons. The molecule has 0 aromatic heterocycles. The van der Waals surface area contributed by atoms with Crippen LogP contribution in [0.4, 0.5) is 0 Å². The summed E-state index contributed by atoms with van der Waals surface area (Å²) in [4.78, 5) is 11.7. The second-order valence-corrected chi connectivity index (χ2v) is 6.21. The molecule has 1 aliphatic carbocycles. The Morgan fingerprint density at radius 3 is 2.12 bits per heavy atom. The maximum atomic E-state index is 11.7. The summed E-state index contributed by atoms with van der Waals surface area (Å²) in [5.41, 5.74) is -0.190. The van der Waals surface area contributed by atoms with Crippen molar-refractivity contribution in [1.82, 2.24) is 0 Å². The Morgan fingerprint density at radius 2 is 1.69 bits per heavy atom. The smallest absolute Gasteiger partial charge is 0.308 e. The van der Waals surface area contributed by atoms with E-state index in [2.05, 4.69) is 20.8 Å². The second-order valence-electron chi connectivity index (χ2n) is 6.21. The van der Waals surface area contributed by atoms with Crippen LogP contribution in [-0.4, -0.2) is 11.6 Å². The van der Waals surface area contributed by atoms with Crippen molar-refractivity contribution in [2.45, 2.75) is 72.3 Å². The molecule has 0 saturated heterocycles. The van der Waals surface area contributed by atoms with Gasteiger partial charge in [0.25, 0.3) is 0 Å². The van der Waals surface area contributed by atoms with Crippen molar-refractivity contribution in [3.63, 3.8) is 0 Å². The highest BCUT2D eigenvalue weighted by molar-refractivity contribution is 5.72. The van der Waals surface area contributed by atoms with Gasteiger partial charge in [0.05, 0.1) is 5.92 Å². The van der Waals surface area contributed by atoms with Gasteiger partial charge >= 0.3 is 5.97 Å². The largest absolute Gasteiger partial charge is 0.459 e. The number of hydrogen-bond donors (Lipinski definition) is 0. The molecule has 2 heteroatoms. The summed E-state index contributed by atoms with van der Waals surface area (Å²) in [5.74, 6) is -0.108. The van der Waals surface area contributed by atoms with Crippen molar-refractivity contribution in [3.8, 4) is 0 Å². The minimum atomic E-state index is -0.339. The fourth-order valence-corrected chi connectivity index (χ4v) is 2.43. The van der Waals surface area contributed by atoms with Gasteiger partial charge in [-0.05, 0) is 26.7 Å². The van der Waals surface area contributed by atoms with E-state index in [4.69, 9.17) is 4.74 Å². The Labute approximate surface area is 99.8 Å². The predicted molar refractivity (Wildman–Crippen MR) is 66.2 cm³/mol. The third-order valence-corrected chi connectivity index (χ3v) is 4.24. The summed E-state index contributed by atoms with van der Waals surface area (Å²) in [7, 11) is 0. The number of hydrogen-bond acceptors (Lipinski definition) is 2. The molecule has 0 aliphatic heterocycles. The first kappa shape index (κ1) is 13.5. The van der Waals surface area contributed by atoms with Crippen LogP contribution in [0.3, 0.4) is 0 Å². The maximum Gasteiger partial charge on any atom is 0.308 e. The number of rotatable bonds is 3. The van der Waals surface area contributed by atoms with E-state index in [1.54, 1.807) is 0 Å². The lowest BCUT2D eigenvalue weighted by Gasteiger charge is -2.46. The molecule has 1 saturated carbocycles. The van der Waals surface area contributed by atoms with E-state index in [1.165, 1.54) is 32.1 Å². The van der Waals surface area contributed by atoms with Gasteiger partial charge in [0.1, 0.15) is 5.60 Å². The van der Waals surface area contributed by atoms with Crippen molar-refractivity contribution >= 4 is 5.97 Å². The first-order valence-corrected chi connectivity index (χ1v) is 6.51. The van der Waals surface area contributed by atoms with E-state index in [0.717, 1.165) is 0 Å². The van der Waals surface area contributed by atoms with Crippen molar-refractivity contribution in [2.75, 3.05) is 0 Å². The van der Waals surface area contributed by atoms with Gasteiger partial charge in [0, 0.05) is 5.41 Å². The molecule has 1 rings (SSSR count). The highest BCUT2D eigenvalue weighted by Crippen LogP contribution is 2.46. The first-order valence-electron chi connectivity index (χ1n) is 6.51. The predicted octanol–water partition coefficient (Wildman–Crippen LogP) is 3.93. The Bertz CT molecular complexity index is 247. The topological polar surface area (TPSA) is 26.3 Å². The molecule has 0 bridgehead atoms. The summed E-state index contributed by atoms with van der Waals surface area (Å²) in [6.07, 6.45) is 6.19. The SMILES string of the molecule is CC(C)C(=O)OC(C)(C)C1(C)CCCCC1. The highest BCUT2D eigenvalue weighted by Gasteiger charge is 2.44. The minimum absolute atomic E-state index is 0.0357. The minimum Gasteiger partial charge on any atom is -0.459 e. The Kier molecular flexibility index (Phi) is 4.03. The zero-order chi connectivity index (χ0) is 12.4. The van der Waals surface area contributed by atoms with Gasteiger partial charge in [-0.3, -0.25) is 4.79 Å². The van der Waals surface area contributed by atoms with E-state index in [1.807, 2.05) is 13.8 Å². The molecule has 0 N–H and O–H groups in total. The van der Waals surface area contributed by atoms with Crippen molar-refractivity contribution < 1.29 is 9.53 Å². The molecule has 0 unspecified atom stereocenters. The van der Waals surface area contributed by atoms with E-state index in [0.29, 0.717) is 0 Å². The van der Waals surface area contributed by atoms with Crippen LogP contribution in [0.25, 0.3) is 0 Å². The average molecular weight is 226 g/mol. The van der Waals surface area contributed by atoms with Crippen molar-refractivity contribution in [3.05, 3.63) is 0 Å². The third kappa shape index (κ3) is 2.78. The number of carbonyl (C=O) groups excluding carboxylic acids is 1. The molecule has 0 heterocycles. The lowest BCUT2D eigenvalue weighted by Crippen LogP contribution is -2.46. The van der Waals surface area contributed by atoms with E-state index >= 15 is 0 Å². The summed E-state index contributed by atoms with van der Waals surface area (Å²) < 4.78 is 5.70. The van der Waals surface area contributed by atoms with Crippen LogP contribution in [0.15, 0.2) is 0 Å². The van der Waals surface area contributed by atoms with Gasteiger partial charge in [-0.25, -0.2) is 0 Å². The summed E-state index contributed by atoms with van der Waals surface area (Å²) in [6, 6.07) is 0. The Hall–Kier alpha value is -0.530. The Balaban J connectivity index is 2.71. The van der Waals surface area contributed by atoms with Crippen LogP contribution in [-0.2, 0) is 9.53 Å². The lowest BCUT2D eigenvalue weighted by atomic mass is 9.66. The van der Waals surface area contributed by atoms with Crippen LogP contribution in [0.2, 0.25) is 0 Å². The number of ether oxygens (including phenoxy) is 1. The van der Waals surface area contributed by atoms with Crippen LogP contribution < -0.4 is 0 Å². The van der Waals surface area contributed by atoms with E-state index < -0.39 is 0 Å². The molecular weight excluding hydrogens is 200 g/mol. The van der Waals surface area contributed by atoms with Gasteiger partial charge in [-0.1, -0.05) is 40.0 Å². The Morgan fingerprint density at radius 1 is 1.19 bits per heavy atom. The number of carbonyl (C=O) groups is 1. The zero-order valence-corrected chi connectivity index (χ0v) is 11.4. The molecule has 0 aromatic rings. The zero-order valence-electron chi connectivity index (χ0n) is 11.4. The molecule has 16 heavy (non-hydrogen) atoms. The van der Waals surface area contributed by atoms with Crippen molar-refractivity contribution in [1.29, 1.82) is 0 Å². The molecule has 1 aliphatic rings. The molecule has 0 radical (unpaired) electrons. The van der Waals surface area contributed by atoms with Gasteiger partial charge in [-0.2, -0.15) is 0 Å². The molecule has 0 atom stereocenters. The fraction of sp³-hybridized carbons (Fsp3) is 0.929. The van der Waals surface area contributed by atoms with Gasteiger partial charge in [0.15, 0.2) is 0 Å². The van der Waals surface area contributed by atoms with E-state index in [9.17, 15) is 4.79 Å². The van der Waals surface area contributed by atoms with Crippen LogP contribution >= 0.6 is 0 Å². The van der Waals surface area contributed by atoms with Crippen LogP contribution in [0, 0.1) is 11.3 Å². The highest BCUT2D eigenvalue weighted by atomic mass is 16.6. The summed E-state index contributed by atoms with van der Waals surface area (Å²) in [5, 5.41) is 0. The molecule has 2 nitrogen and oxygen atoms in total.